The first kappa shape index (κ1) is 15.9. The summed E-state index contributed by atoms with van der Waals surface area (Å²) >= 11 is 2.23. The molecule has 1 atom stereocenters. The summed E-state index contributed by atoms with van der Waals surface area (Å²) < 4.78 is 2.41. The molecule has 1 aromatic rings. The fourth-order valence-corrected chi connectivity index (χ4v) is 5.89. The second-order valence-electron chi connectivity index (χ2n) is 7.50. The van der Waals surface area contributed by atoms with Gasteiger partial charge in [0.2, 0.25) is 0 Å². The third-order valence-electron chi connectivity index (χ3n) is 5.82. The van der Waals surface area contributed by atoms with Crippen LogP contribution >= 0.6 is 11.8 Å². The van der Waals surface area contributed by atoms with Gasteiger partial charge >= 0.3 is 0 Å². The minimum atomic E-state index is 0.614. The van der Waals surface area contributed by atoms with E-state index in [1.807, 2.05) is 0 Å². The van der Waals surface area contributed by atoms with Crippen LogP contribution in [0.3, 0.4) is 0 Å². The Bertz CT molecular complexity index is 509. The summed E-state index contributed by atoms with van der Waals surface area (Å²) in [5.74, 6) is 4.44. The highest BCUT2D eigenvalue weighted by molar-refractivity contribution is 7.99. The first-order chi connectivity index (χ1) is 11.4. The molecule has 4 rings (SSSR count). The highest BCUT2D eigenvalue weighted by Crippen LogP contribution is 2.30. The third-order valence-corrected chi connectivity index (χ3v) is 7.18. The van der Waals surface area contributed by atoms with Gasteiger partial charge in [-0.15, -0.1) is 10.2 Å². The zero-order chi connectivity index (χ0) is 15.5. The number of hydrogen-bond donors (Lipinski definition) is 0. The number of likely N-dealkylation sites (tertiary alicyclic amines) is 1. The van der Waals surface area contributed by atoms with Crippen molar-refractivity contribution in [3.63, 3.8) is 0 Å². The average molecular weight is 335 g/mol. The molecule has 4 nitrogen and oxygen atoms in total. The molecule has 2 aliphatic heterocycles. The summed E-state index contributed by atoms with van der Waals surface area (Å²) in [6, 6.07) is 0. The SMILES string of the molecule is C1CCC(SCCN2CCC[C@@H](c3nnc4n3CCC4)C2)CC1. The number of hydrogen-bond acceptors (Lipinski definition) is 4. The van der Waals surface area contributed by atoms with Crippen LogP contribution in [0.2, 0.25) is 0 Å². The largest absolute Gasteiger partial charge is 0.315 e. The molecule has 1 aromatic heterocycles. The minimum absolute atomic E-state index is 0.614. The molecule has 1 saturated carbocycles. The summed E-state index contributed by atoms with van der Waals surface area (Å²) in [6.45, 7) is 4.89. The molecular formula is C18H30N4S. The van der Waals surface area contributed by atoms with E-state index in [4.69, 9.17) is 0 Å². The maximum absolute atomic E-state index is 4.53. The number of thioether (sulfide) groups is 1. The molecule has 0 unspecified atom stereocenters. The summed E-state index contributed by atoms with van der Waals surface area (Å²) in [5, 5.41) is 9.89. The Morgan fingerprint density at radius 3 is 2.78 bits per heavy atom. The van der Waals surface area contributed by atoms with Crippen LogP contribution in [0.5, 0.6) is 0 Å². The maximum atomic E-state index is 4.53. The number of nitrogens with zero attached hydrogens (tertiary/aromatic N) is 4. The molecule has 0 aromatic carbocycles. The minimum Gasteiger partial charge on any atom is -0.315 e. The molecule has 23 heavy (non-hydrogen) atoms. The lowest BCUT2D eigenvalue weighted by molar-refractivity contribution is 0.213. The molecule has 2 fully saturated rings. The van der Waals surface area contributed by atoms with Crippen LogP contribution in [-0.4, -0.2) is 50.3 Å². The molecule has 128 valence electrons. The molecular weight excluding hydrogens is 304 g/mol. The normalized spacial score (nSPS) is 26.5. The van der Waals surface area contributed by atoms with E-state index in [1.165, 1.54) is 88.4 Å². The lowest BCUT2D eigenvalue weighted by atomic mass is 9.97. The number of fused-ring (bicyclic) bond motifs is 1. The van der Waals surface area contributed by atoms with E-state index in [1.54, 1.807) is 0 Å². The van der Waals surface area contributed by atoms with Gasteiger partial charge in [0.05, 0.1) is 0 Å². The van der Waals surface area contributed by atoms with Crippen molar-refractivity contribution in [2.75, 3.05) is 25.4 Å². The van der Waals surface area contributed by atoms with E-state index in [9.17, 15) is 0 Å². The van der Waals surface area contributed by atoms with E-state index in [-0.39, 0.29) is 0 Å². The number of rotatable bonds is 5. The van der Waals surface area contributed by atoms with Crippen molar-refractivity contribution in [3.8, 4) is 0 Å². The Morgan fingerprint density at radius 1 is 0.957 bits per heavy atom. The van der Waals surface area contributed by atoms with Gasteiger partial charge in [0.25, 0.3) is 0 Å². The molecule has 0 bridgehead atoms. The molecule has 0 spiro atoms. The van der Waals surface area contributed by atoms with Crippen LogP contribution in [0.1, 0.15) is 68.9 Å². The number of aromatic nitrogens is 3. The molecule has 5 heteroatoms. The van der Waals surface area contributed by atoms with Crippen molar-refractivity contribution in [1.82, 2.24) is 19.7 Å². The van der Waals surface area contributed by atoms with Gasteiger partial charge in [-0.25, -0.2) is 0 Å². The summed E-state index contributed by atoms with van der Waals surface area (Å²) in [5.41, 5.74) is 0. The molecule has 0 radical (unpaired) electrons. The standard InChI is InChI=1S/C18H30N4S/c1-2-7-16(8-3-1)23-13-12-21-10-4-6-15(14-21)18-20-19-17-9-5-11-22(17)18/h15-16H,1-14H2/t15-/m1/s1. The van der Waals surface area contributed by atoms with Gasteiger partial charge in [0.15, 0.2) is 0 Å². The van der Waals surface area contributed by atoms with Crippen molar-refractivity contribution in [3.05, 3.63) is 11.6 Å². The Labute approximate surface area is 144 Å². The van der Waals surface area contributed by atoms with Crippen LogP contribution < -0.4 is 0 Å². The second-order valence-corrected chi connectivity index (χ2v) is 8.91. The van der Waals surface area contributed by atoms with E-state index >= 15 is 0 Å². The topological polar surface area (TPSA) is 34.0 Å². The summed E-state index contributed by atoms with van der Waals surface area (Å²) in [6.07, 6.45) is 12.3. The van der Waals surface area contributed by atoms with Crippen LogP contribution in [0.25, 0.3) is 0 Å². The van der Waals surface area contributed by atoms with E-state index in [0.717, 1.165) is 18.2 Å². The molecule has 0 amide bonds. The maximum Gasteiger partial charge on any atom is 0.137 e. The number of aryl methyl sites for hydroxylation is 1. The second kappa shape index (κ2) is 7.56. The quantitative estimate of drug-likeness (QED) is 0.826. The van der Waals surface area contributed by atoms with Crippen molar-refractivity contribution in [2.45, 2.75) is 75.5 Å². The van der Waals surface area contributed by atoms with Crippen LogP contribution in [-0.2, 0) is 13.0 Å². The molecule has 3 aliphatic rings. The van der Waals surface area contributed by atoms with Gasteiger partial charge in [0.1, 0.15) is 11.6 Å². The van der Waals surface area contributed by atoms with Gasteiger partial charge in [0, 0.05) is 43.0 Å². The predicted molar refractivity (Wildman–Crippen MR) is 96.1 cm³/mol. The van der Waals surface area contributed by atoms with Crippen molar-refractivity contribution in [2.24, 2.45) is 0 Å². The summed E-state index contributed by atoms with van der Waals surface area (Å²) in [7, 11) is 0. The van der Waals surface area contributed by atoms with Gasteiger partial charge in [-0.3, -0.25) is 0 Å². The number of piperidine rings is 1. The van der Waals surface area contributed by atoms with Crippen molar-refractivity contribution < 1.29 is 0 Å². The highest BCUT2D eigenvalue weighted by Gasteiger charge is 2.28. The smallest absolute Gasteiger partial charge is 0.137 e. The summed E-state index contributed by atoms with van der Waals surface area (Å²) in [4.78, 5) is 2.68. The van der Waals surface area contributed by atoms with Gasteiger partial charge in [-0.1, -0.05) is 19.3 Å². The first-order valence-electron chi connectivity index (χ1n) is 9.66. The van der Waals surface area contributed by atoms with Gasteiger partial charge in [-0.2, -0.15) is 11.8 Å². The first-order valence-corrected chi connectivity index (χ1v) is 10.7. The monoisotopic (exact) mass is 334 g/mol. The molecule has 1 aliphatic carbocycles. The van der Waals surface area contributed by atoms with Gasteiger partial charge in [-0.05, 0) is 38.6 Å². The predicted octanol–water partition coefficient (Wildman–Crippen LogP) is 3.47. The highest BCUT2D eigenvalue weighted by atomic mass is 32.2. The van der Waals surface area contributed by atoms with Gasteiger partial charge < -0.3 is 9.47 Å². The van der Waals surface area contributed by atoms with E-state index in [0.29, 0.717) is 5.92 Å². The Hall–Kier alpha value is -0.550. The lowest BCUT2D eigenvalue weighted by Crippen LogP contribution is -2.37. The van der Waals surface area contributed by atoms with Crippen LogP contribution in [0.15, 0.2) is 0 Å². The zero-order valence-corrected chi connectivity index (χ0v) is 15.1. The van der Waals surface area contributed by atoms with Crippen LogP contribution in [0.4, 0.5) is 0 Å². The third kappa shape index (κ3) is 3.76. The van der Waals surface area contributed by atoms with E-state index < -0.39 is 0 Å². The molecule has 3 heterocycles. The van der Waals surface area contributed by atoms with E-state index in [2.05, 4.69) is 31.4 Å². The Kier molecular flexibility index (Phi) is 5.24. The van der Waals surface area contributed by atoms with Crippen molar-refractivity contribution in [1.29, 1.82) is 0 Å². The molecule has 0 N–H and O–H groups in total. The Morgan fingerprint density at radius 2 is 1.87 bits per heavy atom. The van der Waals surface area contributed by atoms with Crippen LogP contribution in [0, 0.1) is 0 Å². The van der Waals surface area contributed by atoms with Crippen molar-refractivity contribution >= 4 is 11.8 Å². The fraction of sp³-hybridized carbons (Fsp3) is 0.889. The Balaban J connectivity index is 1.27. The average Bonchev–Trinajstić information content (AvgIpc) is 3.19. The lowest BCUT2D eigenvalue weighted by Gasteiger charge is -2.32. The molecule has 1 saturated heterocycles. The fourth-order valence-electron chi connectivity index (χ4n) is 4.52. The zero-order valence-electron chi connectivity index (χ0n) is 14.3.